The Morgan fingerprint density at radius 1 is 1.31 bits per heavy atom. The molecule has 0 saturated heterocycles. The first-order valence-electron chi connectivity index (χ1n) is 8.89. The van der Waals surface area contributed by atoms with Gasteiger partial charge >= 0.3 is 0 Å². The van der Waals surface area contributed by atoms with Crippen LogP contribution in [0.5, 0.6) is 0 Å². The molecule has 1 unspecified atom stereocenters. The number of aromatic nitrogens is 1. The van der Waals surface area contributed by atoms with E-state index in [0.29, 0.717) is 30.2 Å². The molecule has 7 heteroatoms. The Labute approximate surface area is 175 Å². The van der Waals surface area contributed by atoms with Crippen molar-refractivity contribution in [3.8, 4) is 0 Å². The van der Waals surface area contributed by atoms with Gasteiger partial charge in [0.15, 0.2) is 5.96 Å². The van der Waals surface area contributed by atoms with Gasteiger partial charge in [0.25, 0.3) is 0 Å². The van der Waals surface area contributed by atoms with Crippen molar-refractivity contribution in [2.75, 3.05) is 18.9 Å². The van der Waals surface area contributed by atoms with Crippen molar-refractivity contribution >= 4 is 41.7 Å². The van der Waals surface area contributed by atoms with Crippen LogP contribution in [0.25, 0.3) is 0 Å². The average molecular weight is 475 g/mol. The highest BCUT2D eigenvalue weighted by molar-refractivity contribution is 14.0. The van der Waals surface area contributed by atoms with Crippen LogP contribution >= 0.6 is 24.0 Å². The van der Waals surface area contributed by atoms with Gasteiger partial charge in [0.1, 0.15) is 5.82 Å². The number of hydrogen-bond donors (Lipinski definition) is 3. The van der Waals surface area contributed by atoms with E-state index in [9.17, 15) is 4.79 Å². The molecule has 1 atom stereocenters. The van der Waals surface area contributed by atoms with Gasteiger partial charge in [-0.15, -0.1) is 24.0 Å². The molecule has 6 nitrogen and oxygen atoms in total. The second-order valence-corrected chi connectivity index (χ2v) is 7.66. The molecule has 1 aromatic heterocycles. The van der Waals surface area contributed by atoms with Gasteiger partial charge in [0.05, 0.1) is 0 Å². The maximum absolute atomic E-state index is 12.0. The summed E-state index contributed by atoms with van der Waals surface area (Å²) in [5.74, 6) is 1.23. The van der Waals surface area contributed by atoms with Crippen molar-refractivity contribution in [2.24, 2.45) is 10.4 Å². The molecule has 0 aliphatic rings. The van der Waals surface area contributed by atoms with E-state index < -0.39 is 0 Å². The number of amides is 1. The summed E-state index contributed by atoms with van der Waals surface area (Å²) in [5.41, 5.74) is 1.39. The van der Waals surface area contributed by atoms with Gasteiger partial charge in [-0.2, -0.15) is 0 Å². The zero-order chi connectivity index (χ0) is 18.9. The predicted molar refractivity (Wildman–Crippen MR) is 120 cm³/mol. The molecule has 1 heterocycles. The number of hydrogen-bond acceptors (Lipinski definition) is 3. The molecule has 0 aromatic carbocycles. The number of nitrogens with zero attached hydrogens (tertiary/aromatic N) is 2. The summed E-state index contributed by atoms with van der Waals surface area (Å²) in [6, 6.07) is 4.06. The molecule has 0 bridgehead atoms. The summed E-state index contributed by atoms with van der Waals surface area (Å²) in [5, 5.41) is 9.33. The highest BCUT2D eigenvalue weighted by Gasteiger charge is 2.13. The first-order valence-corrected chi connectivity index (χ1v) is 8.89. The quantitative estimate of drug-likeness (QED) is 0.319. The zero-order valence-corrected chi connectivity index (χ0v) is 19.2. The summed E-state index contributed by atoms with van der Waals surface area (Å²) in [7, 11) is 1.74. The lowest BCUT2D eigenvalue weighted by atomic mass is 9.89. The fraction of sp³-hybridized carbons (Fsp3) is 0.632. The maximum Gasteiger partial charge on any atom is 0.227 e. The van der Waals surface area contributed by atoms with E-state index in [4.69, 9.17) is 0 Å². The number of aryl methyl sites for hydroxylation is 1. The van der Waals surface area contributed by atoms with Gasteiger partial charge in [-0.3, -0.25) is 9.79 Å². The standard InChI is InChI=1S/C19H33N5O.HI/c1-14-7-8-16(22-13-14)24-17(25)10-12-21-18(20-6)23-15(2)9-11-19(3,4)5;/h7-8,13,15H,9-12H2,1-6H3,(H2,20,21,23)(H,22,24,25);1H. The number of nitrogens with one attached hydrogen (secondary N) is 3. The van der Waals surface area contributed by atoms with Gasteiger partial charge in [-0.25, -0.2) is 4.98 Å². The molecule has 0 saturated carbocycles. The fourth-order valence-electron chi connectivity index (χ4n) is 2.19. The Morgan fingerprint density at radius 2 is 2.00 bits per heavy atom. The van der Waals surface area contributed by atoms with Crippen LogP contribution in [-0.2, 0) is 4.79 Å². The molecule has 148 valence electrons. The molecule has 0 spiro atoms. The lowest BCUT2D eigenvalue weighted by Crippen LogP contribution is -2.43. The molecule has 0 aliphatic heterocycles. The number of anilines is 1. The van der Waals surface area contributed by atoms with Crippen LogP contribution in [0.3, 0.4) is 0 Å². The fourth-order valence-corrected chi connectivity index (χ4v) is 2.19. The first-order chi connectivity index (χ1) is 11.7. The van der Waals surface area contributed by atoms with Crippen molar-refractivity contribution in [1.82, 2.24) is 15.6 Å². The van der Waals surface area contributed by atoms with Crippen LogP contribution in [0, 0.1) is 12.3 Å². The number of aliphatic imine (C=N–C) groups is 1. The van der Waals surface area contributed by atoms with Crippen molar-refractivity contribution in [1.29, 1.82) is 0 Å². The third-order valence-corrected chi connectivity index (χ3v) is 3.76. The van der Waals surface area contributed by atoms with Crippen LogP contribution < -0.4 is 16.0 Å². The minimum absolute atomic E-state index is 0. The average Bonchev–Trinajstić information content (AvgIpc) is 2.53. The van der Waals surface area contributed by atoms with E-state index in [1.807, 2.05) is 13.0 Å². The second-order valence-electron chi connectivity index (χ2n) is 7.66. The van der Waals surface area contributed by atoms with Gasteiger partial charge in [-0.1, -0.05) is 26.8 Å². The molecular weight excluding hydrogens is 441 g/mol. The second kappa shape index (κ2) is 12.1. The zero-order valence-electron chi connectivity index (χ0n) is 16.8. The third kappa shape index (κ3) is 11.3. The normalized spacial score (nSPS) is 12.8. The van der Waals surface area contributed by atoms with E-state index in [2.05, 4.69) is 53.6 Å². The first kappa shape index (κ1) is 24.6. The Morgan fingerprint density at radius 3 is 2.54 bits per heavy atom. The number of carbonyl (C=O) groups excluding carboxylic acids is 1. The third-order valence-electron chi connectivity index (χ3n) is 3.76. The number of pyridine rings is 1. The van der Waals surface area contributed by atoms with Crippen molar-refractivity contribution < 1.29 is 4.79 Å². The minimum Gasteiger partial charge on any atom is -0.356 e. The van der Waals surface area contributed by atoms with Crippen molar-refractivity contribution in [3.05, 3.63) is 23.9 Å². The smallest absolute Gasteiger partial charge is 0.227 e. The Kier molecular flexibility index (Phi) is 11.4. The highest BCUT2D eigenvalue weighted by atomic mass is 127. The highest BCUT2D eigenvalue weighted by Crippen LogP contribution is 2.21. The number of rotatable bonds is 7. The molecular formula is C19H34IN5O. The predicted octanol–water partition coefficient (Wildman–Crippen LogP) is 3.72. The van der Waals surface area contributed by atoms with E-state index in [1.165, 1.54) is 0 Å². The number of guanidine groups is 1. The van der Waals surface area contributed by atoms with Crippen LogP contribution in [0.2, 0.25) is 0 Å². The largest absolute Gasteiger partial charge is 0.356 e. The molecule has 1 aromatic rings. The van der Waals surface area contributed by atoms with Crippen molar-refractivity contribution in [2.45, 2.75) is 59.9 Å². The van der Waals surface area contributed by atoms with Gasteiger partial charge in [-0.05, 0) is 43.7 Å². The Bertz CT molecular complexity index is 566. The Hall–Kier alpha value is -1.38. The summed E-state index contributed by atoms with van der Waals surface area (Å²) in [6.07, 6.45) is 4.30. The lowest BCUT2D eigenvalue weighted by Gasteiger charge is -2.23. The molecule has 26 heavy (non-hydrogen) atoms. The van der Waals surface area contributed by atoms with Gasteiger partial charge in [0.2, 0.25) is 5.91 Å². The lowest BCUT2D eigenvalue weighted by molar-refractivity contribution is -0.116. The molecule has 0 fully saturated rings. The van der Waals surface area contributed by atoms with Crippen LogP contribution in [0.4, 0.5) is 5.82 Å². The Balaban J connectivity index is 0.00000625. The van der Waals surface area contributed by atoms with E-state index in [0.717, 1.165) is 24.4 Å². The van der Waals surface area contributed by atoms with E-state index in [1.54, 1.807) is 19.3 Å². The molecule has 1 amide bonds. The maximum atomic E-state index is 12.0. The summed E-state index contributed by atoms with van der Waals surface area (Å²) >= 11 is 0. The number of halogens is 1. The van der Waals surface area contributed by atoms with Crippen LogP contribution in [-0.4, -0.2) is 36.5 Å². The van der Waals surface area contributed by atoms with Gasteiger partial charge < -0.3 is 16.0 Å². The number of carbonyl (C=O) groups is 1. The van der Waals surface area contributed by atoms with Crippen LogP contribution in [0.15, 0.2) is 23.3 Å². The SMILES string of the molecule is CN=C(NCCC(=O)Nc1ccc(C)cn1)NC(C)CCC(C)(C)C.I. The van der Waals surface area contributed by atoms with Crippen LogP contribution in [0.1, 0.15) is 52.5 Å². The van der Waals surface area contributed by atoms with E-state index >= 15 is 0 Å². The molecule has 0 radical (unpaired) electrons. The minimum atomic E-state index is -0.0694. The molecule has 1 rings (SSSR count). The van der Waals surface area contributed by atoms with E-state index in [-0.39, 0.29) is 29.9 Å². The topological polar surface area (TPSA) is 78.4 Å². The molecule has 0 aliphatic carbocycles. The monoisotopic (exact) mass is 475 g/mol. The van der Waals surface area contributed by atoms with Gasteiger partial charge in [0, 0.05) is 32.3 Å². The summed E-state index contributed by atoms with van der Waals surface area (Å²) < 4.78 is 0. The molecule has 3 N–H and O–H groups in total. The summed E-state index contributed by atoms with van der Waals surface area (Å²) in [6.45, 7) is 11.4. The van der Waals surface area contributed by atoms with Crippen molar-refractivity contribution in [3.63, 3.8) is 0 Å². The summed E-state index contributed by atoms with van der Waals surface area (Å²) in [4.78, 5) is 20.3.